The Morgan fingerprint density at radius 1 is 0.327 bits per heavy atom. The molecule has 0 aliphatic heterocycles. The van der Waals surface area contributed by atoms with E-state index in [1.54, 1.807) is 0 Å². The summed E-state index contributed by atoms with van der Waals surface area (Å²) in [6.45, 7) is 0. The number of nitrogens with zero attached hydrogens (tertiary/aromatic N) is 2. The third kappa shape index (κ3) is 5.28. The number of hydrogen-bond donors (Lipinski definition) is 0. The number of furan rings is 1. The summed E-state index contributed by atoms with van der Waals surface area (Å²) in [6, 6.07) is 74.0. The van der Waals surface area contributed by atoms with Gasteiger partial charge in [-0.2, -0.15) is 0 Å². The molecule has 2 aromatic heterocycles. The summed E-state index contributed by atoms with van der Waals surface area (Å²) in [6.07, 6.45) is 0. The predicted octanol–water partition coefficient (Wildman–Crippen LogP) is 14.6. The van der Waals surface area contributed by atoms with Gasteiger partial charge < -0.3 is 13.9 Å². The molecule has 0 N–H and O–H groups in total. The van der Waals surface area contributed by atoms with Crippen molar-refractivity contribution in [2.24, 2.45) is 0 Å². The van der Waals surface area contributed by atoms with Crippen molar-refractivity contribution in [3.63, 3.8) is 0 Å². The van der Waals surface area contributed by atoms with Crippen molar-refractivity contribution in [2.75, 3.05) is 4.90 Å². The highest BCUT2D eigenvalue weighted by molar-refractivity contribution is 6.12. The van der Waals surface area contributed by atoms with Crippen molar-refractivity contribution in [1.29, 1.82) is 0 Å². The molecule has 0 aliphatic rings. The Morgan fingerprint density at radius 3 is 1.76 bits per heavy atom. The van der Waals surface area contributed by atoms with E-state index in [2.05, 4.69) is 216 Å². The molecule has 0 unspecified atom stereocenters. The van der Waals surface area contributed by atoms with Gasteiger partial charge in [0.05, 0.1) is 11.0 Å². The van der Waals surface area contributed by atoms with Crippen LogP contribution < -0.4 is 4.90 Å². The molecule has 0 amide bonds. The second-order valence-electron chi connectivity index (χ2n) is 14.2. The molecule has 9 aromatic carbocycles. The fourth-order valence-electron chi connectivity index (χ4n) is 8.30. The highest BCUT2D eigenvalue weighted by Crippen LogP contribution is 2.42. The van der Waals surface area contributed by atoms with Gasteiger partial charge in [0.2, 0.25) is 0 Å². The number of rotatable bonds is 6. The molecule has 11 aromatic rings. The Kier molecular flexibility index (Phi) is 7.17. The van der Waals surface area contributed by atoms with Crippen molar-refractivity contribution >= 4 is 71.6 Å². The van der Waals surface area contributed by atoms with E-state index < -0.39 is 0 Å². The Hall–Kier alpha value is -7.36. The number of aromatic nitrogens is 1. The third-order valence-corrected chi connectivity index (χ3v) is 10.9. The summed E-state index contributed by atoms with van der Waals surface area (Å²) in [4.78, 5) is 2.37. The van der Waals surface area contributed by atoms with Crippen LogP contribution in [0.4, 0.5) is 17.1 Å². The van der Waals surface area contributed by atoms with Gasteiger partial charge in [0.1, 0.15) is 11.2 Å². The van der Waals surface area contributed by atoms with Crippen molar-refractivity contribution in [3.8, 4) is 27.9 Å². The smallest absolute Gasteiger partial charge is 0.136 e. The van der Waals surface area contributed by atoms with Gasteiger partial charge in [0.25, 0.3) is 0 Å². The summed E-state index contributed by atoms with van der Waals surface area (Å²) in [5, 5.41) is 7.13. The molecule has 0 spiro atoms. The second kappa shape index (κ2) is 12.6. The summed E-state index contributed by atoms with van der Waals surface area (Å²) in [5.74, 6) is 0. The van der Waals surface area contributed by atoms with Crippen LogP contribution in [-0.2, 0) is 0 Å². The lowest BCUT2D eigenvalue weighted by Crippen LogP contribution is -2.10. The maximum atomic E-state index is 6.43. The van der Waals surface area contributed by atoms with Crippen LogP contribution in [0.3, 0.4) is 0 Å². The average molecular weight is 703 g/mol. The monoisotopic (exact) mass is 702 g/mol. The number of hydrogen-bond acceptors (Lipinski definition) is 2. The van der Waals surface area contributed by atoms with Crippen molar-refractivity contribution in [1.82, 2.24) is 4.57 Å². The number of para-hydroxylation sites is 2. The normalized spacial score (nSPS) is 11.6. The molecule has 0 aliphatic carbocycles. The summed E-state index contributed by atoms with van der Waals surface area (Å²) < 4.78 is 8.80. The maximum absolute atomic E-state index is 6.43. The zero-order valence-electron chi connectivity index (χ0n) is 29.9. The summed E-state index contributed by atoms with van der Waals surface area (Å²) in [5.41, 5.74) is 13.2. The zero-order valence-corrected chi connectivity index (χ0v) is 29.9. The number of benzene rings is 9. The lowest BCUT2D eigenvalue weighted by atomic mass is 10.0. The van der Waals surface area contributed by atoms with Crippen LogP contribution in [0, 0.1) is 0 Å². The Labute approximate surface area is 318 Å². The standard InChI is InChI=1S/C52H34N2O/c1-3-12-35(13-4-1)37-16-11-19-43(30-37)53(44-27-29-50-47(34-44)45-20-9-10-21-49(45)54(50)41-17-5-2-6-18-41)42-25-22-36(23-26-42)40-24-28-46-48-31-38-14-7-8-15-39(38)32-52(48)55-51(46)33-40/h1-34H. The first-order valence-corrected chi connectivity index (χ1v) is 18.7. The van der Waals surface area contributed by atoms with Crippen molar-refractivity contribution < 1.29 is 4.42 Å². The van der Waals surface area contributed by atoms with Gasteiger partial charge in [-0.25, -0.2) is 0 Å². The van der Waals surface area contributed by atoms with Crippen LogP contribution >= 0.6 is 0 Å². The fourth-order valence-corrected chi connectivity index (χ4v) is 8.30. The molecule has 258 valence electrons. The van der Waals surface area contributed by atoms with Gasteiger partial charge >= 0.3 is 0 Å². The lowest BCUT2D eigenvalue weighted by molar-refractivity contribution is 0.669. The first kappa shape index (κ1) is 31.2. The van der Waals surface area contributed by atoms with Crippen LogP contribution in [0.25, 0.3) is 82.5 Å². The van der Waals surface area contributed by atoms with Gasteiger partial charge in [-0.15, -0.1) is 0 Å². The van der Waals surface area contributed by atoms with Crippen LogP contribution in [-0.4, -0.2) is 4.57 Å². The van der Waals surface area contributed by atoms with Gasteiger partial charge in [-0.1, -0.05) is 121 Å². The van der Waals surface area contributed by atoms with Crippen molar-refractivity contribution in [2.45, 2.75) is 0 Å². The molecular weight excluding hydrogens is 669 g/mol. The molecule has 2 heterocycles. The Bertz CT molecular complexity index is 3190. The fraction of sp³-hybridized carbons (Fsp3) is 0. The molecule has 0 fully saturated rings. The van der Waals surface area contributed by atoms with E-state index in [9.17, 15) is 0 Å². The molecule has 0 saturated carbocycles. The number of anilines is 3. The van der Waals surface area contributed by atoms with E-state index in [4.69, 9.17) is 4.42 Å². The number of fused-ring (bicyclic) bond motifs is 7. The summed E-state index contributed by atoms with van der Waals surface area (Å²) >= 11 is 0. The van der Waals surface area contributed by atoms with Crippen molar-refractivity contribution in [3.05, 3.63) is 206 Å². The van der Waals surface area contributed by atoms with Gasteiger partial charge in [0.15, 0.2) is 0 Å². The lowest BCUT2D eigenvalue weighted by Gasteiger charge is -2.26. The van der Waals surface area contributed by atoms with E-state index in [0.717, 1.165) is 55.8 Å². The highest BCUT2D eigenvalue weighted by Gasteiger charge is 2.18. The molecular formula is C52H34N2O. The molecule has 0 radical (unpaired) electrons. The van der Waals surface area contributed by atoms with E-state index in [1.165, 1.54) is 43.7 Å². The quantitative estimate of drug-likeness (QED) is 0.172. The maximum Gasteiger partial charge on any atom is 0.136 e. The molecule has 55 heavy (non-hydrogen) atoms. The Balaban J connectivity index is 1.04. The first-order valence-electron chi connectivity index (χ1n) is 18.7. The summed E-state index contributed by atoms with van der Waals surface area (Å²) in [7, 11) is 0. The zero-order chi connectivity index (χ0) is 36.3. The second-order valence-corrected chi connectivity index (χ2v) is 14.2. The average Bonchev–Trinajstić information content (AvgIpc) is 3.78. The SMILES string of the molecule is c1ccc(-c2cccc(N(c3ccc(-c4ccc5c(c4)oc4cc6ccccc6cc45)cc3)c3ccc4c(c3)c3ccccc3n4-c3ccccc3)c2)cc1. The van der Waals surface area contributed by atoms with Gasteiger partial charge in [-0.05, 0) is 118 Å². The molecule has 3 nitrogen and oxygen atoms in total. The molecule has 0 bridgehead atoms. The molecule has 11 rings (SSSR count). The van der Waals surface area contributed by atoms with Gasteiger partial charge in [-0.3, -0.25) is 0 Å². The molecule has 0 saturated heterocycles. The van der Waals surface area contributed by atoms with Crippen LogP contribution in [0.5, 0.6) is 0 Å². The minimum Gasteiger partial charge on any atom is -0.456 e. The minimum atomic E-state index is 0.897. The van der Waals surface area contributed by atoms with E-state index in [-0.39, 0.29) is 0 Å². The first-order chi connectivity index (χ1) is 27.2. The topological polar surface area (TPSA) is 21.3 Å². The van der Waals surface area contributed by atoms with Gasteiger partial charge in [0, 0.05) is 44.3 Å². The van der Waals surface area contributed by atoms with Crippen LogP contribution in [0.1, 0.15) is 0 Å². The predicted molar refractivity (Wildman–Crippen MR) is 231 cm³/mol. The highest BCUT2D eigenvalue weighted by atomic mass is 16.3. The van der Waals surface area contributed by atoms with E-state index >= 15 is 0 Å². The van der Waals surface area contributed by atoms with Crippen LogP contribution in [0.2, 0.25) is 0 Å². The largest absolute Gasteiger partial charge is 0.456 e. The Morgan fingerprint density at radius 2 is 0.927 bits per heavy atom. The molecule has 0 atom stereocenters. The van der Waals surface area contributed by atoms with Crippen LogP contribution in [0.15, 0.2) is 211 Å². The molecule has 3 heteroatoms. The van der Waals surface area contributed by atoms with E-state index in [0.29, 0.717) is 0 Å². The minimum absolute atomic E-state index is 0.897. The van der Waals surface area contributed by atoms with E-state index in [1.807, 2.05) is 0 Å². The third-order valence-electron chi connectivity index (χ3n) is 10.9.